The van der Waals surface area contributed by atoms with Crippen molar-refractivity contribution < 1.29 is 0 Å². The highest BCUT2D eigenvalue weighted by Gasteiger charge is 2.38. The first kappa shape index (κ1) is 31.4. The molecular weight excluding hydrogens is 673 g/mol. The van der Waals surface area contributed by atoms with E-state index < -0.39 is 0 Å². The molecule has 0 unspecified atom stereocenters. The Kier molecular flexibility index (Phi) is 6.63. The molecule has 0 atom stereocenters. The molecule has 3 heteroatoms. The molecule has 1 aliphatic rings. The first-order valence-corrected chi connectivity index (χ1v) is 19.7. The zero-order chi connectivity index (χ0) is 36.3. The third kappa shape index (κ3) is 4.45. The molecule has 258 valence electrons. The Labute approximate surface area is 319 Å². The first-order chi connectivity index (χ1) is 26.3. The third-order valence-electron chi connectivity index (χ3n) is 11.9. The van der Waals surface area contributed by atoms with Crippen LogP contribution in [-0.2, 0) is 5.41 Å². The quantitative estimate of drug-likeness (QED) is 0.168. The second-order valence-electron chi connectivity index (χ2n) is 15.5. The molecule has 0 spiro atoms. The van der Waals surface area contributed by atoms with Crippen molar-refractivity contribution in [1.82, 2.24) is 0 Å². The Bertz CT molecular complexity index is 3050. The van der Waals surface area contributed by atoms with E-state index in [0.29, 0.717) is 0 Å². The second kappa shape index (κ2) is 11.4. The molecule has 0 radical (unpaired) electrons. The number of fused-ring (bicyclic) bond motifs is 5. The van der Waals surface area contributed by atoms with E-state index in [1.165, 1.54) is 97.5 Å². The van der Waals surface area contributed by atoms with Gasteiger partial charge in [0.05, 0.1) is 22.7 Å². The van der Waals surface area contributed by atoms with Gasteiger partial charge in [0, 0.05) is 47.7 Å². The lowest BCUT2D eigenvalue weighted by Gasteiger charge is -2.42. The third-order valence-corrected chi connectivity index (χ3v) is 13.0. The Balaban J connectivity index is 1.20. The Morgan fingerprint density at radius 2 is 1.13 bits per heavy atom. The monoisotopic (exact) mass is 710 g/mol. The number of para-hydroxylation sites is 1. The maximum atomic E-state index is 2.55. The van der Waals surface area contributed by atoms with E-state index in [2.05, 4.69) is 195 Å². The van der Waals surface area contributed by atoms with E-state index in [1.807, 2.05) is 11.3 Å². The maximum Gasteiger partial charge on any atom is 0.0546 e. The fraction of sp³-hybridized carbons (Fsp3) is 0.0980. The summed E-state index contributed by atoms with van der Waals surface area (Å²) in [6, 6.07) is 59.3. The van der Waals surface area contributed by atoms with E-state index >= 15 is 0 Å². The van der Waals surface area contributed by atoms with Crippen molar-refractivity contribution in [2.24, 2.45) is 0 Å². The van der Waals surface area contributed by atoms with Crippen molar-refractivity contribution >= 4 is 98.0 Å². The molecule has 11 rings (SSSR count). The number of benzene rings is 9. The highest BCUT2D eigenvalue weighted by atomic mass is 32.1. The summed E-state index contributed by atoms with van der Waals surface area (Å²) in [5.41, 5.74) is 12.2. The highest BCUT2D eigenvalue weighted by molar-refractivity contribution is 7.25. The summed E-state index contributed by atoms with van der Waals surface area (Å²) in [6.07, 6.45) is 0. The maximum absolute atomic E-state index is 2.55. The largest absolute Gasteiger partial charge is 0.310 e. The summed E-state index contributed by atoms with van der Waals surface area (Å²) in [4.78, 5) is 4.98. The zero-order valence-electron chi connectivity index (χ0n) is 30.8. The van der Waals surface area contributed by atoms with Gasteiger partial charge < -0.3 is 9.80 Å². The SMILES string of the molecule is Cc1ccc(N(c2ccc(C)cc2)c2cc3ccc(N4c5ccccc5C(C)(C)c5cc6c(cc54)sc4ccccc46)c4ccc5cccc2c5c34)cc1. The summed E-state index contributed by atoms with van der Waals surface area (Å²) in [5, 5.41) is 10.3. The summed E-state index contributed by atoms with van der Waals surface area (Å²) in [6.45, 7) is 9.09. The van der Waals surface area contributed by atoms with Crippen LogP contribution >= 0.6 is 11.3 Å². The molecule has 54 heavy (non-hydrogen) atoms. The minimum Gasteiger partial charge on any atom is -0.310 e. The van der Waals surface area contributed by atoms with E-state index in [0.717, 1.165) is 11.4 Å². The molecule has 0 N–H and O–H groups in total. The van der Waals surface area contributed by atoms with Crippen LogP contribution in [0.25, 0.3) is 52.5 Å². The number of thiophene rings is 1. The molecule has 0 fully saturated rings. The molecular formula is C51H38N2S. The van der Waals surface area contributed by atoms with Gasteiger partial charge in [0.25, 0.3) is 0 Å². The minimum absolute atomic E-state index is 0.173. The number of nitrogens with zero attached hydrogens (tertiary/aromatic N) is 2. The molecule has 0 amide bonds. The van der Waals surface area contributed by atoms with Crippen LogP contribution in [0.15, 0.2) is 158 Å². The van der Waals surface area contributed by atoms with Crippen molar-refractivity contribution in [2.75, 3.05) is 9.80 Å². The summed E-state index contributed by atoms with van der Waals surface area (Å²) >= 11 is 1.89. The fourth-order valence-electron chi connectivity index (χ4n) is 9.17. The lowest BCUT2D eigenvalue weighted by atomic mass is 9.73. The summed E-state index contributed by atoms with van der Waals surface area (Å²) in [7, 11) is 0. The van der Waals surface area contributed by atoms with E-state index in [4.69, 9.17) is 0 Å². The van der Waals surface area contributed by atoms with Crippen LogP contribution in [0, 0.1) is 13.8 Å². The molecule has 0 bridgehead atoms. The molecule has 1 aliphatic heterocycles. The number of hydrogen-bond donors (Lipinski definition) is 0. The van der Waals surface area contributed by atoms with Gasteiger partial charge in [0.15, 0.2) is 0 Å². The smallest absolute Gasteiger partial charge is 0.0546 e. The number of rotatable bonds is 4. The average molecular weight is 711 g/mol. The number of hydrogen-bond acceptors (Lipinski definition) is 3. The topological polar surface area (TPSA) is 6.48 Å². The number of aryl methyl sites for hydroxylation is 2. The molecule has 9 aromatic carbocycles. The molecule has 0 saturated heterocycles. The van der Waals surface area contributed by atoms with Gasteiger partial charge in [-0.15, -0.1) is 11.3 Å². The van der Waals surface area contributed by atoms with Crippen LogP contribution in [0.3, 0.4) is 0 Å². The Morgan fingerprint density at radius 3 is 1.91 bits per heavy atom. The standard InChI is InChI=1S/C51H38N2S/c1-31-16-22-35(23-17-31)52(36-24-18-32(2)19-25-36)45-28-34-21-27-43(39-26-20-33-10-9-12-38(45)49(33)50(34)39)53-44-14-7-6-13-41(44)51(3,4)42-29-40-37-11-5-8-15-47(37)54-48(40)30-46(42)53/h5-30H,1-4H3. The van der Waals surface area contributed by atoms with Crippen molar-refractivity contribution in [3.05, 3.63) is 180 Å². The van der Waals surface area contributed by atoms with Gasteiger partial charge in [0.2, 0.25) is 0 Å². The van der Waals surface area contributed by atoms with Crippen LogP contribution in [0.2, 0.25) is 0 Å². The van der Waals surface area contributed by atoms with Crippen molar-refractivity contribution in [3.63, 3.8) is 0 Å². The van der Waals surface area contributed by atoms with Gasteiger partial charge in [-0.3, -0.25) is 0 Å². The zero-order valence-corrected chi connectivity index (χ0v) is 31.6. The predicted octanol–water partition coefficient (Wildman–Crippen LogP) is 15.1. The molecule has 2 nitrogen and oxygen atoms in total. The van der Waals surface area contributed by atoms with Crippen LogP contribution in [0.1, 0.15) is 36.1 Å². The summed E-state index contributed by atoms with van der Waals surface area (Å²) in [5.74, 6) is 0. The van der Waals surface area contributed by atoms with Crippen LogP contribution in [0.4, 0.5) is 34.1 Å². The number of anilines is 6. The molecule has 10 aromatic rings. The predicted molar refractivity (Wildman–Crippen MR) is 234 cm³/mol. The van der Waals surface area contributed by atoms with Gasteiger partial charge in [0.1, 0.15) is 0 Å². The van der Waals surface area contributed by atoms with Crippen LogP contribution in [0.5, 0.6) is 0 Å². The van der Waals surface area contributed by atoms with Crippen LogP contribution < -0.4 is 9.80 Å². The van der Waals surface area contributed by atoms with Gasteiger partial charge in [-0.2, -0.15) is 0 Å². The Morgan fingerprint density at radius 1 is 0.463 bits per heavy atom. The van der Waals surface area contributed by atoms with Crippen LogP contribution in [-0.4, -0.2) is 0 Å². The lowest BCUT2D eigenvalue weighted by molar-refractivity contribution is 0.633. The van der Waals surface area contributed by atoms with Crippen molar-refractivity contribution in [1.29, 1.82) is 0 Å². The van der Waals surface area contributed by atoms with E-state index in [-0.39, 0.29) is 5.41 Å². The molecule has 0 aliphatic carbocycles. The lowest BCUT2D eigenvalue weighted by Crippen LogP contribution is -2.30. The van der Waals surface area contributed by atoms with Gasteiger partial charge in [-0.1, -0.05) is 122 Å². The molecule has 1 aromatic heterocycles. The summed E-state index contributed by atoms with van der Waals surface area (Å²) < 4.78 is 2.66. The second-order valence-corrected chi connectivity index (χ2v) is 16.6. The van der Waals surface area contributed by atoms with Gasteiger partial charge >= 0.3 is 0 Å². The molecule has 0 saturated carbocycles. The Hall–Kier alpha value is -6.16. The van der Waals surface area contributed by atoms with Crippen molar-refractivity contribution in [3.8, 4) is 0 Å². The van der Waals surface area contributed by atoms with E-state index in [1.54, 1.807) is 0 Å². The normalized spacial score (nSPS) is 13.7. The average Bonchev–Trinajstić information content (AvgIpc) is 3.56. The van der Waals surface area contributed by atoms with Gasteiger partial charge in [-0.25, -0.2) is 0 Å². The minimum atomic E-state index is -0.173. The van der Waals surface area contributed by atoms with Gasteiger partial charge in [-0.05, 0) is 107 Å². The van der Waals surface area contributed by atoms with Crippen molar-refractivity contribution in [2.45, 2.75) is 33.1 Å². The molecule has 2 heterocycles. The first-order valence-electron chi connectivity index (χ1n) is 18.8. The highest BCUT2D eigenvalue weighted by Crippen LogP contribution is 2.56. The fourth-order valence-corrected chi connectivity index (χ4v) is 10.3. The van der Waals surface area contributed by atoms with E-state index in [9.17, 15) is 0 Å².